The topological polar surface area (TPSA) is 60.0 Å². The fraction of sp³-hybridized carbons (Fsp3) is 0.0526. The van der Waals surface area contributed by atoms with E-state index in [1.54, 1.807) is 36.7 Å². The summed E-state index contributed by atoms with van der Waals surface area (Å²) >= 11 is 1.50. The number of benzene rings is 2. The lowest BCUT2D eigenvalue weighted by Gasteiger charge is -2.10. The zero-order valence-electron chi connectivity index (χ0n) is 13.8. The second-order valence-corrected chi connectivity index (χ2v) is 6.21. The van der Waals surface area contributed by atoms with Crippen LogP contribution in [-0.4, -0.2) is 21.2 Å². The van der Waals surface area contributed by atoms with Gasteiger partial charge in [-0.05, 0) is 42.7 Å². The highest BCUT2D eigenvalue weighted by Crippen LogP contribution is 2.35. The fourth-order valence-corrected chi connectivity index (χ4v) is 2.84. The van der Waals surface area contributed by atoms with Crippen LogP contribution in [0.25, 0.3) is 11.0 Å². The number of imidazole rings is 1. The highest BCUT2D eigenvalue weighted by Gasteiger charge is 2.13. The van der Waals surface area contributed by atoms with Crippen molar-refractivity contribution in [3.05, 3.63) is 66.7 Å². The molecule has 0 saturated carbocycles. The zero-order chi connectivity index (χ0) is 17.9. The summed E-state index contributed by atoms with van der Waals surface area (Å²) in [5, 5.41) is 0.766. The molecule has 0 aliphatic heterocycles. The van der Waals surface area contributed by atoms with Crippen molar-refractivity contribution in [3.8, 4) is 23.0 Å². The first-order valence-corrected chi connectivity index (χ1v) is 9.03. The Morgan fingerprint density at radius 2 is 1.85 bits per heavy atom. The number of pyridine rings is 1. The molecule has 2 aromatic carbocycles. The van der Waals surface area contributed by atoms with Crippen LogP contribution in [0.15, 0.2) is 66.1 Å². The second-order valence-electron chi connectivity index (χ2n) is 5.41. The van der Waals surface area contributed by atoms with Gasteiger partial charge in [-0.15, -0.1) is 0 Å². The van der Waals surface area contributed by atoms with E-state index in [1.165, 1.54) is 23.9 Å². The molecule has 4 rings (SSSR count). The van der Waals surface area contributed by atoms with Gasteiger partial charge in [0, 0.05) is 18.3 Å². The summed E-state index contributed by atoms with van der Waals surface area (Å²) in [6, 6.07) is 13.1. The van der Waals surface area contributed by atoms with E-state index >= 15 is 0 Å². The molecule has 0 saturated heterocycles. The number of rotatable bonds is 5. The molecule has 0 fully saturated rings. The largest absolute Gasteiger partial charge is 0.456 e. The number of aromatic amines is 1. The molecule has 0 aliphatic carbocycles. The van der Waals surface area contributed by atoms with Crippen LogP contribution in [-0.2, 0) is 0 Å². The molecule has 0 atom stereocenters. The molecule has 5 nitrogen and oxygen atoms in total. The van der Waals surface area contributed by atoms with E-state index in [4.69, 9.17) is 9.47 Å². The minimum atomic E-state index is -0.319. The minimum absolute atomic E-state index is 0.319. The predicted molar refractivity (Wildman–Crippen MR) is 98.7 cm³/mol. The van der Waals surface area contributed by atoms with E-state index in [1.807, 2.05) is 18.4 Å². The molecule has 7 heteroatoms. The standard InChI is InChI=1S/C19H14FN3O2S/c1-26-19-22-16-9-15(24-14-3-2-8-21-11-14)10-17(18(16)23-19)25-13-6-4-12(20)5-7-13/h2-11H,1H3,(H,22,23). The van der Waals surface area contributed by atoms with E-state index in [9.17, 15) is 4.39 Å². The van der Waals surface area contributed by atoms with Crippen molar-refractivity contribution in [1.29, 1.82) is 0 Å². The lowest BCUT2D eigenvalue weighted by atomic mass is 10.2. The van der Waals surface area contributed by atoms with Gasteiger partial charge in [0.1, 0.15) is 28.6 Å². The van der Waals surface area contributed by atoms with Crippen LogP contribution in [0.1, 0.15) is 0 Å². The maximum atomic E-state index is 13.1. The average molecular weight is 367 g/mol. The van der Waals surface area contributed by atoms with Crippen LogP contribution < -0.4 is 9.47 Å². The normalized spacial score (nSPS) is 10.8. The van der Waals surface area contributed by atoms with E-state index in [-0.39, 0.29) is 5.82 Å². The quantitative estimate of drug-likeness (QED) is 0.478. The Balaban J connectivity index is 1.75. The highest BCUT2D eigenvalue weighted by atomic mass is 32.2. The van der Waals surface area contributed by atoms with Gasteiger partial charge in [0.15, 0.2) is 10.9 Å². The summed E-state index contributed by atoms with van der Waals surface area (Å²) in [5.41, 5.74) is 1.46. The van der Waals surface area contributed by atoms with Gasteiger partial charge in [-0.25, -0.2) is 9.37 Å². The molecule has 1 N–H and O–H groups in total. The third kappa shape index (κ3) is 3.48. The lowest BCUT2D eigenvalue weighted by Crippen LogP contribution is -1.90. The van der Waals surface area contributed by atoms with Crippen LogP contribution in [0.5, 0.6) is 23.0 Å². The van der Waals surface area contributed by atoms with Crippen molar-refractivity contribution in [3.63, 3.8) is 0 Å². The van der Waals surface area contributed by atoms with Crippen molar-refractivity contribution < 1.29 is 13.9 Å². The Morgan fingerprint density at radius 3 is 2.58 bits per heavy atom. The van der Waals surface area contributed by atoms with Gasteiger partial charge in [-0.1, -0.05) is 11.8 Å². The number of thioether (sulfide) groups is 1. The van der Waals surface area contributed by atoms with E-state index in [0.717, 1.165) is 10.7 Å². The molecule has 0 unspecified atom stereocenters. The zero-order valence-corrected chi connectivity index (χ0v) is 14.6. The molecule has 0 spiro atoms. The first-order chi connectivity index (χ1) is 12.7. The summed E-state index contributed by atoms with van der Waals surface area (Å²) in [7, 11) is 0. The van der Waals surface area contributed by atoms with Crippen LogP contribution >= 0.6 is 11.8 Å². The van der Waals surface area contributed by atoms with E-state index in [2.05, 4.69) is 15.0 Å². The number of halogens is 1. The smallest absolute Gasteiger partial charge is 0.166 e. The Labute approximate surface area is 153 Å². The molecular weight excluding hydrogens is 353 g/mol. The number of nitrogens with one attached hydrogen (secondary N) is 1. The van der Waals surface area contributed by atoms with Gasteiger partial charge in [-0.2, -0.15) is 0 Å². The Kier molecular flexibility index (Phi) is 4.45. The molecule has 0 aliphatic rings. The maximum absolute atomic E-state index is 13.1. The molecule has 2 aromatic heterocycles. The average Bonchev–Trinajstić information content (AvgIpc) is 3.08. The van der Waals surface area contributed by atoms with Gasteiger partial charge in [0.25, 0.3) is 0 Å². The first-order valence-electron chi connectivity index (χ1n) is 7.80. The third-order valence-corrected chi connectivity index (χ3v) is 4.19. The number of ether oxygens (including phenoxy) is 2. The van der Waals surface area contributed by atoms with Crippen molar-refractivity contribution in [2.45, 2.75) is 5.16 Å². The van der Waals surface area contributed by atoms with Crippen molar-refractivity contribution >= 4 is 22.8 Å². The summed E-state index contributed by atoms with van der Waals surface area (Å²) < 4.78 is 24.9. The van der Waals surface area contributed by atoms with Gasteiger partial charge < -0.3 is 14.5 Å². The monoisotopic (exact) mass is 367 g/mol. The molecule has 0 radical (unpaired) electrons. The molecule has 2 heterocycles. The number of H-pyrrole nitrogens is 1. The summed E-state index contributed by atoms with van der Waals surface area (Å²) in [6.07, 6.45) is 5.25. The van der Waals surface area contributed by atoms with E-state index < -0.39 is 0 Å². The van der Waals surface area contributed by atoms with Gasteiger partial charge >= 0.3 is 0 Å². The second kappa shape index (κ2) is 7.05. The van der Waals surface area contributed by atoms with E-state index in [0.29, 0.717) is 28.5 Å². The first kappa shape index (κ1) is 16.4. The molecule has 0 bridgehead atoms. The highest BCUT2D eigenvalue weighted by molar-refractivity contribution is 7.98. The number of fused-ring (bicyclic) bond motifs is 1. The summed E-state index contributed by atoms with van der Waals surface area (Å²) in [4.78, 5) is 11.8. The van der Waals surface area contributed by atoms with Gasteiger partial charge in [0.2, 0.25) is 0 Å². The Hall–Kier alpha value is -3.06. The molecule has 0 amide bonds. The molecule has 26 heavy (non-hydrogen) atoms. The van der Waals surface area contributed by atoms with Crippen LogP contribution in [0.2, 0.25) is 0 Å². The van der Waals surface area contributed by atoms with Crippen molar-refractivity contribution in [2.75, 3.05) is 6.26 Å². The fourth-order valence-electron chi connectivity index (χ4n) is 2.44. The minimum Gasteiger partial charge on any atom is -0.456 e. The van der Waals surface area contributed by atoms with Crippen molar-refractivity contribution in [1.82, 2.24) is 15.0 Å². The van der Waals surface area contributed by atoms with Crippen LogP contribution in [0, 0.1) is 5.82 Å². The van der Waals surface area contributed by atoms with Gasteiger partial charge in [0.05, 0.1) is 11.7 Å². The Bertz CT molecular complexity index is 1040. The van der Waals surface area contributed by atoms with Crippen LogP contribution in [0.4, 0.5) is 4.39 Å². The van der Waals surface area contributed by atoms with Gasteiger partial charge in [-0.3, -0.25) is 4.98 Å². The van der Waals surface area contributed by atoms with Crippen LogP contribution in [0.3, 0.4) is 0 Å². The molecule has 4 aromatic rings. The third-order valence-electron chi connectivity index (χ3n) is 3.61. The number of aromatic nitrogens is 3. The lowest BCUT2D eigenvalue weighted by molar-refractivity contribution is 0.462. The summed E-state index contributed by atoms with van der Waals surface area (Å²) in [5.74, 6) is 1.91. The predicted octanol–water partition coefficient (Wildman–Crippen LogP) is 5.40. The van der Waals surface area contributed by atoms with Crippen molar-refractivity contribution in [2.24, 2.45) is 0 Å². The maximum Gasteiger partial charge on any atom is 0.166 e. The molecule has 130 valence electrons. The summed E-state index contributed by atoms with van der Waals surface area (Å²) in [6.45, 7) is 0. The number of hydrogen-bond donors (Lipinski definition) is 1. The number of hydrogen-bond acceptors (Lipinski definition) is 5. The number of nitrogens with zero attached hydrogens (tertiary/aromatic N) is 2. The SMILES string of the molecule is CSc1nc2c(Oc3ccc(F)cc3)cc(Oc3cccnc3)cc2[nH]1. The molecular formula is C19H14FN3O2S. The Morgan fingerprint density at radius 1 is 1.00 bits per heavy atom.